The highest BCUT2D eigenvalue weighted by molar-refractivity contribution is 6.33. The lowest BCUT2D eigenvalue weighted by molar-refractivity contribution is -0.160. The zero-order valence-electron chi connectivity index (χ0n) is 20.9. The number of esters is 1. The first-order valence-corrected chi connectivity index (χ1v) is 13.0. The van der Waals surface area contributed by atoms with Gasteiger partial charge in [-0.1, -0.05) is 54.1 Å². The molecule has 37 heavy (non-hydrogen) atoms. The normalized spacial score (nSPS) is 30.8. The molecule has 196 valence electrons. The van der Waals surface area contributed by atoms with Crippen molar-refractivity contribution in [2.75, 3.05) is 18.5 Å². The third-order valence-corrected chi connectivity index (χ3v) is 8.38. The molecular weight excluding hydrogens is 496 g/mol. The van der Waals surface area contributed by atoms with Gasteiger partial charge in [-0.25, -0.2) is 0 Å². The summed E-state index contributed by atoms with van der Waals surface area (Å²) >= 11 is 6.32. The number of nitrogens with one attached hydrogen (secondary N) is 1. The van der Waals surface area contributed by atoms with Gasteiger partial charge in [-0.2, -0.15) is 0 Å². The number of aliphatic hydroxyl groups excluding tert-OH is 1. The Hall–Kier alpha value is -2.94. The summed E-state index contributed by atoms with van der Waals surface area (Å²) < 4.78 is 11.9. The van der Waals surface area contributed by atoms with Crippen molar-refractivity contribution in [1.82, 2.24) is 4.90 Å². The molecule has 1 spiro atoms. The number of anilines is 1. The van der Waals surface area contributed by atoms with Gasteiger partial charge in [0.2, 0.25) is 11.8 Å². The van der Waals surface area contributed by atoms with Crippen LogP contribution in [0.1, 0.15) is 32.3 Å². The molecule has 5 rings (SSSR count). The maximum Gasteiger partial charge on any atom is 0.312 e. The highest BCUT2D eigenvalue weighted by Gasteiger charge is 2.78. The smallest absolute Gasteiger partial charge is 0.312 e. The molecule has 2 amide bonds. The average molecular weight is 527 g/mol. The van der Waals surface area contributed by atoms with Gasteiger partial charge in [0.25, 0.3) is 0 Å². The van der Waals surface area contributed by atoms with Crippen LogP contribution < -0.4 is 5.32 Å². The molecule has 0 radical (unpaired) electrons. The minimum Gasteiger partial charge on any atom is -0.466 e. The lowest BCUT2D eigenvalue weighted by Crippen LogP contribution is -2.57. The van der Waals surface area contributed by atoms with E-state index >= 15 is 0 Å². The molecular formula is C28H31ClN2O6. The third kappa shape index (κ3) is 4.11. The van der Waals surface area contributed by atoms with Crippen molar-refractivity contribution in [3.63, 3.8) is 0 Å². The van der Waals surface area contributed by atoms with E-state index in [2.05, 4.69) is 5.32 Å². The van der Waals surface area contributed by atoms with Gasteiger partial charge >= 0.3 is 5.97 Å². The number of benzene rings is 2. The van der Waals surface area contributed by atoms with Crippen molar-refractivity contribution in [1.29, 1.82) is 0 Å². The molecule has 0 aromatic heterocycles. The van der Waals surface area contributed by atoms with Crippen LogP contribution in [0.4, 0.5) is 5.69 Å². The molecule has 3 aliphatic rings. The largest absolute Gasteiger partial charge is 0.466 e. The Balaban J connectivity index is 1.58. The number of fused-ring (bicyclic) bond motifs is 1. The van der Waals surface area contributed by atoms with E-state index in [1.165, 1.54) is 4.90 Å². The van der Waals surface area contributed by atoms with Gasteiger partial charge in [0.1, 0.15) is 17.6 Å². The molecule has 8 nitrogen and oxygen atoms in total. The molecule has 2 aromatic rings. The van der Waals surface area contributed by atoms with Crippen LogP contribution in [0.25, 0.3) is 0 Å². The number of rotatable bonds is 8. The fourth-order valence-electron chi connectivity index (χ4n) is 6.55. The maximum atomic E-state index is 14.2. The van der Waals surface area contributed by atoms with Gasteiger partial charge in [0.05, 0.1) is 41.5 Å². The summed E-state index contributed by atoms with van der Waals surface area (Å²) in [6, 6.07) is 14.6. The number of hydrogen-bond acceptors (Lipinski definition) is 6. The maximum absolute atomic E-state index is 14.2. The second-order valence-electron chi connectivity index (χ2n) is 10.2. The van der Waals surface area contributed by atoms with Crippen molar-refractivity contribution in [3.8, 4) is 0 Å². The first-order valence-electron chi connectivity index (χ1n) is 12.6. The SMILES string of the molecule is CCOC(=O)[C@@H]1[C@H]2C(=O)N([C@@H](CO)Cc3ccccc3)C(C(=O)Nc3ccccc3Cl)C23CC[C@@]1(C)O3. The highest BCUT2D eigenvalue weighted by atomic mass is 35.5. The fraction of sp³-hybridized carbons (Fsp3) is 0.464. The molecule has 2 bridgehead atoms. The minimum atomic E-state index is -1.22. The van der Waals surface area contributed by atoms with Crippen LogP contribution in [0.3, 0.4) is 0 Å². The lowest BCUT2D eigenvalue weighted by Gasteiger charge is -2.37. The number of nitrogens with zero attached hydrogens (tertiary/aromatic N) is 1. The van der Waals surface area contributed by atoms with Gasteiger partial charge in [0, 0.05) is 0 Å². The Labute approximate surface area is 220 Å². The van der Waals surface area contributed by atoms with Crippen LogP contribution in [-0.2, 0) is 30.3 Å². The summed E-state index contributed by atoms with van der Waals surface area (Å²) in [5.74, 6) is -3.08. The Bertz CT molecular complexity index is 1210. The number of ether oxygens (including phenoxy) is 2. The van der Waals surface area contributed by atoms with Gasteiger partial charge < -0.3 is 24.8 Å². The van der Waals surface area contributed by atoms with Gasteiger partial charge in [0.15, 0.2) is 0 Å². The van der Waals surface area contributed by atoms with E-state index < -0.39 is 47.0 Å². The molecule has 3 saturated heterocycles. The molecule has 9 heteroatoms. The molecule has 3 heterocycles. The number of hydrogen-bond donors (Lipinski definition) is 2. The number of likely N-dealkylation sites (tertiary alicyclic amines) is 1. The molecule has 0 saturated carbocycles. The Kier molecular flexibility index (Phi) is 6.77. The van der Waals surface area contributed by atoms with E-state index in [0.29, 0.717) is 30.0 Å². The predicted octanol–water partition coefficient (Wildman–Crippen LogP) is 3.21. The Morgan fingerprint density at radius 2 is 1.89 bits per heavy atom. The molecule has 6 atom stereocenters. The zero-order chi connectivity index (χ0) is 26.4. The molecule has 3 fully saturated rings. The second-order valence-corrected chi connectivity index (χ2v) is 10.6. The quantitative estimate of drug-likeness (QED) is 0.512. The topological polar surface area (TPSA) is 105 Å². The number of amides is 2. The summed E-state index contributed by atoms with van der Waals surface area (Å²) in [5, 5.41) is 13.7. The Morgan fingerprint density at radius 3 is 2.57 bits per heavy atom. The van der Waals surface area contributed by atoms with Crippen molar-refractivity contribution < 1.29 is 29.0 Å². The molecule has 0 aliphatic carbocycles. The van der Waals surface area contributed by atoms with Crippen molar-refractivity contribution in [3.05, 3.63) is 65.2 Å². The van der Waals surface area contributed by atoms with E-state index in [4.69, 9.17) is 21.1 Å². The van der Waals surface area contributed by atoms with Crippen LogP contribution >= 0.6 is 11.6 Å². The van der Waals surface area contributed by atoms with Crippen molar-refractivity contribution in [2.24, 2.45) is 11.8 Å². The van der Waals surface area contributed by atoms with Gasteiger partial charge in [-0.05, 0) is 50.8 Å². The summed E-state index contributed by atoms with van der Waals surface area (Å²) in [6.45, 7) is 3.34. The number of carbonyl (C=O) groups excluding carboxylic acids is 3. The molecule has 2 unspecified atom stereocenters. The van der Waals surface area contributed by atoms with Crippen molar-refractivity contribution in [2.45, 2.75) is 56.4 Å². The summed E-state index contributed by atoms with van der Waals surface area (Å²) in [6.07, 6.45) is 1.27. The zero-order valence-corrected chi connectivity index (χ0v) is 21.6. The molecule has 3 aliphatic heterocycles. The van der Waals surface area contributed by atoms with Crippen LogP contribution in [0.5, 0.6) is 0 Å². The summed E-state index contributed by atoms with van der Waals surface area (Å²) in [5.41, 5.74) is -0.826. The van der Waals surface area contributed by atoms with E-state index in [1.54, 1.807) is 31.2 Å². The van der Waals surface area contributed by atoms with E-state index in [-0.39, 0.29) is 19.1 Å². The van der Waals surface area contributed by atoms with Crippen LogP contribution in [0.2, 0.25) is 5.02 Å². The predicted molar refractivity (Wildman–Crippen MR) is 137 cm³/mol. The third-order valence-electron chi connectivity index (χ3n) is 8.05. The average Bonchev–Trinajstić information content (AvgIpc) is 3.45. The first kappa shape index (κ1) is 25.7. The summed E-state index contributed by atoms with van der Waals surface area (Å²) in [4.78, 5) is 42.7. The Morgan fingerprint density at radius 1 is 1.19 bits per heavy atom. The van der Waals surface area contributed by atoms with Gasteiger partial charge in [-0.15, -0.1) is 0 Å². The molecule has 2 N–H and O–H groups in total. The van der Waals surface area contributed by atoms with Crippen molar-refractivity contribution >= 4 is 35.1 Å². The van der Waals surface area contributed by atoms with Crippen LogP contribution in [0.15, 0.2) is 54.6 Å². The number of carbonyl (C=O) groups is 3. The van der Waals surface area contributed by atoms with Crippen LogP contribution in [-0.4, -0.2) is 64.3 Å². The fourth-order valence-corrected chi connectivity index (χ4v) is 6.73. The highest BCUT2D eigenvalue weighted by Crippen LogP contribution is 2.63. The monoisotopic (exact) mass is 526 g/mol. The lowest BCUT2D eigenvalue weighted by atomic mass is 9.66. The molecule has 2 aromatic carbocycles. The van der Waals surface area contributed by atoms with Crippen LogP contribution in [0, 0.1) is 11.8 Å². The van der Waals surface area contributed by atoms with E-state index in [1.807, 2.05) is 37.3 Å². The summed E-state index contributed by atoms with van der Waals surface area (Å²) in [7, 11) is 0. The minimum absolute atomic E-state index is 0.173. The number of para-hydroxylation sites is 1. The first-order chi connectivity index (χ1) is 17.8. The second kappa shape index (κ2) is 9.74. The van der Waals surface area contributed by atoms with E-state index in [9.17, 15) is 19.5 Å². The standard InChI is InChI=1S/C28H31ClN2O6/c1-3-36-26(35)22-21-25(34)31(18(16-32)15-17-9-5-4-6-10-17)23(28(21)14-13-27(22,2)37-28)24(33)30-20-12-8-7-11-19(20)29/h4-12,18,21-23,32H,3,13-16H2,1-2H3,(H,30,33)/t18-,21+,22+,23?,27-,28?/m1/s1. The number of aliphatic hydroxyl groups is 1. The van der Waals surface area contributed by atoms with Gasteiger partial charge in [-0.3, -0.25) is 14.4 Å². The van der Waals surface area contributed by atoms with E-state index in [0.717, 1.165) is 5.56 Å². The number of halogens is 1.